The average Bonchev–Trinajstić information content (AvgIpc) is 2.83. The molecule has 7 heteroatoms. The Hall–Kier alpha value is -4.26. The predicted molar refractivity (Wildman–Crippen MR) is 125 cm³/mol. The van der Waals surface area contributed by atoms with Crippen LogP contribution in [-0.2, 0) is 16.6 Å². The Kier molecular flexibility index (Phi) is 6.04. The van der Waals surface area contributed by atoms with Crippen LogP contribution in [0, 0.1) is 5.82 Å². The minimum absolute atomic E-state index is 0.0475. The van der Waals surface area contributed by atoms with E-state index >= 15 is 0 Å². The zero-order valence-corrected chi connectivity index (χ0v) is 18.0. The van der Waals surface area contributed by atoms with Gasteiger partial charge in [0.25, 0.3) is 11.5 Å². The minimum Gasteiger partial charge on any atom is -0.448 e. The van der Waals surface area contributed by atoms with Gasteiger partial charge >= 0.3 is 5.97 Å². The second kappa shape index (κ2) is 9.08. The second-order valence-corrected chi connectivity index (χ2v) is 7.54. The van der Waals surface area contributed by atoms with Crippen molar-refractivity contribution in [2.45, 2.75) is 13.0 Å². The highest BCUT2D eigenvalue weighted by Gasteiger charge is 2.26. The lowest BCUT2D eigenvalue weighted by Gasteiger charge is -2.19. The molecule has 0 saturated heterocycles. The number of carbonyl (C=O) groups excluding carboxylic acids is 2. The monoisotopic (exact) mass is 444 g/mol. The number of nitrogens with zero attached hydrogens (tertiary/aromatic N) is 1. The molecule has 0 bridgehead atoms. The number of ether oxygens (including phenoxy) is 1. The first-order valence-electron chi connectivity index (χ1n) is 10.3. The molecule has 166 valence electrons. The van der Waals surface area contributed by atoms with Crippen molar-refractivity contribution in [2.75, 3.05) is 5.32 Å². The molecule has 0 aliphatic rings. The van der Waals surface area contributed by atoms with Crippen LogP contribution < -0.4 is 10.9 Å². The van der Waals surface area contributed by atoms with Gasteiger partial charge in [-0.1, -0.05) is 48.5 Å². The van der Waals surface area contributed by atoms with Crippen LogP contribution in [0.3, 0.4) is 0 Å². The number of hydrogen-bond acceptors (Lipinski definition) is 4. The topological polar surface area (TPSA) is 77.4 Å². The molecule has 6 nitrogen and oxygen atoms in total. The molecule has 0 fully saturated rings. The van der Waals surface area contributed by atoms with E-state index in [0.717, 1.165) is 5.56 Å². The lowest BCUT2D eigenvalue weighted by atomic mass is 9.97. The molecule has 1 amide bonds. The fraction of sp³-hybridized carbons (Fsp3) is 0.115. The van der Waals surface area contributed by atoms with Crippen LogP contribution in [0.2, 0.25) is 0 Å². The minimum atomic E-state index is -1.16. The van der Waals surface area contributed by atoms with Crippen molar-refractivity contribution < 1.29 is 18.7 Å². The number of carbonyl (C=O) groups is 2. The van der Waals surface area contributed by atoms with E-state index in [1.165, 1.54) is 42.8 Å². The van der Waals surface area contributed by atoms with Crippen LogP contribution in [0.1, 0.15) is 17.4 Å². The summed E-state index contributed by atoms with van der Waals surface area (Å²) in [5, 5.41) is 3.66. The number of benzene rings is 3. The summed E-state index contributed by atoms with van der Waals surface area (Å²) in [5.41, 5.74) is 1.35. The van der Waals surface area contributed by atoms with Gasteiger partial charge in [0.15, 0.2) is 6.10 Å². The molecule has 4 rings (SSSR count). The Morgan fingerprint density at radius 1 is 0.909 bits per heavy atom. The van der Waals surface area contributed by atoms with E-state index in [9.17, 15) is 18.8 Å². The first-order chi connectivity index (χ1) is 15.9. The Labute approximate surface area is 189 Å². The molecule has 33 heavy (non-hydrogen) atoms. The van der Waals surface area contributed by atoms with Crippen molar-refractivity contribution >= 4 is 28.3 Å². The van der Waals surface area contributed by atoms with E-state index in [4.69, 9.17) is 4.74 Å². The SMILES string of the molecule is CC(OC(=O)c1c(-c2ccccc2)c2ccccc2c(=O)n1C)C(=O)Nc1ccc(F)cc1. The maximum atomic E-state index is 13.3. The molecule has 0 spiro atoms. The summed E-state index contributed by atoms with van der Waals surface area (Å²) in [6.07, 6.45) is -1.16. The van der Waals surface area contributed by atoms with Gasteiger partial charge in [-0.2, -0.15) is 0 Å². The van der Waals surface area contributed by atoms with Gasteiger partial charge in [0.2, 0.25) is 0 Å². The standard InChI is InChI=1S/C26H21FN2O4/c1-16(24(30)28-19-14-12-18(27)13-15-19)33-26(32)23-22(17-8-4-3-5-9-17)20-10-6-7-11-21(20)25(31)29(23)2/h3-16H,1-2H3,(H,28,30). The summed E-state index contributed by atoms with van der Waals surface area (Å²) < 4.78 is 19.8. The van der Waals surface area contributed by atoms with E-state index in [1.807, 2.05) is 30.3 Å². The number of nitrogens with one attached hydrogen (secondary N) is 1. The number of aromatic nitrogens is 1. The van der Waals surface area contributed by atoms with Gasteiger partial charge in [-0.3, -0.25) is 9.59 Å². The van der Waals surface area contributed by atoms with Crippen molar-refractivity contribution in [2.24, 2.45) is 7.05 Å². The van der Waals surface area contributed by atoms with Crippen LogP contribution >= 0.6 is 0 Å². The van der Waals surface area contributed by atoms with Gasteiger partial charge in [0.1, 0.15) is 11.5 Å². The van der Waals surface area contributed by atoms with Crippen molar-refractivity contribution in [3.8, 4) is 11.1 Å². The van der Waals surface area contributed by atoms with Crippen LogP contribution in [0.4, 0.5) is 10.1 Å². The molecule has 1 atom stereocenters. The van der Waals surface area contributed by atoms with Crippen LogP contribution in [0.15, 0.2) is 83.7 Å². The number of halogens is 1. The molecule has 4 aromatic rings. The van der Waals surface area contributed by atoms with Gasteiger partial charge in [0, 0.05) is 23.7 Å². The van der Waals surface area contributed by atoms with Crippen LogP contribution in [0.25, 0.3) is 21.9 Å². The molecule has 0 aliphatic heterocycles. The molecule has 1 aromatic heterocycles. The normalized spacial score (nSPS) is 11.7. The van der Waals surface area contributed by atoms with E-state index in [-0.39, 0.29) is 11.3 Å². The molecule has 1 heterocycles. The Bertz CT molecular complexity index is 1400. The van der Waals surface area contributed by atoms with Gasteiger partial charge < -0.3 is 14.6 Å². The first kappa shape index (κ1) is 22.0. The number of rotatable bonds is 5. The quantitative estimate of drug-likeness (QED) is 0.459. The maximum Gasteiger partial charge on any atom is 0.356 e. The molecular weight excluding hydrogens is 423 g/mol. The molecule has 1 N–H and O–H groups in total. The number of esters is 1. The van der Waals surface area contributed by atoms with Gasteiger partial charge in [-0.05, 0) is 48.2 Å². The van der Waals surface area contributed by atoms with Crippen LogP contribution in [-0.4, -0.2) is 22.5 Å². The van der Waals surface area contributed by atoms with Gasteiger partial charge in [-0.25, -0.2) is 9.18 Å². The molecular formula is C26H21FN2O4. The van der Waals surface area contributed by atoms with Crippen LogP contribution in [0.5, 0.6) is 0 Å². The third kappa shape index (κ3) is 4.39. The summed E-state index contributed by atoms with van der Waals surface area (Å²) in [6.45, 7) is 1.43. The highest BCUT2D eigenvalue weighted by Crippen LogP contribution is 2.31. The number of anilines is 1. The zero-order valence-electron chi connectivity index (χ0n) is 18.0. The first-order valence-corrected chi connectivity index (χ1v) is 10.3. The number of amides is 1. The highest BCUT2D eigenvalue weighted by atomic mass is 19.1. The average molecular weight is 444 g/mol. The van der Waals surface area contributed by atoms with Crippen molar-refractivity contribution in [1.82, 2.24) is 4.57 Å². The summed E-state index contributed by atoms with van der Waals surface area (Å²) in [5.74, 6) is -1.82. The van der Waals surface area contributed by atoms with E-state index < -0.39 is 23.8 Å². The second-order valence-electron chi connectivity index (χ2n) is 7.54. The van der Waals surface area contributed by atoms with E-state index in [0.29, 0.717) is 22.0 Å². The summed E-state index contributed by atoms with van der Waals surface area (Å²) in [7, 11) is 1.50. The van der Waals surface area contributed by atoms with Crippen molar-refractivity contribution in [1.29, 1.82) is 0 Å². The molecule has 1 unspecified atom stereocenters. The molecule has 0 aliphatic carbocycles. The molecule has 3 aromatic carbocycles. The van der Waals surface area contributed by atoms with Gasteiger partial charge in [0.05, 0.1) is 0 Å². The fourth-order valence-electron chi connectivity index (χ4n) is 3.65. The summed E-state index contributed by atoms with van der Waals surface area (Å²) >= 11 is 0. The largest absolute Gasteiger partial charge is 0.448 e. The lowest BCUT2D eigenvalue weighted by Crippen LogP contribution is -2.32. The highest BCUT2D eigenvalue weighted by molar-refractivity contribution is 6.07. The third-order valence-corrected chi connectivity index (χ3v) is 5.32. The number of hydrogen-bond donors (Lipinski definition) is 1. The Morgan fingerprint density at radius 3 is 2.18 bits per heavy atom. The maximum absolute atomic E-state index is 13.3. The van der Waals surface area contributed by atoms with Crippen molar-refractivity contribution in [3.63, 3.8) is 0 Å². The Balaban J connectivity index is 1.72. The number of fused-ring (bicyclic) bond motifs is 1. The third-order valence-electron chi connectivity index (χ3n) is 5.32. The smallest absolute Gasteiger partial charge is 0.356 e. The zero-order chi connectivity index (χ0) is 23.5. The van der Waals surface area contributed by atoms with Gasteiger partial charge in [-0.15, -0.1) is 0 Å². The molecule has 0 radical (unpaired) electrons. The molecule has 0 saturated carbocycles. The summed E-state index contributed by atoms with van der Waals surface area (Å²) in [6, 6.07) is 21.5. The van der Waals surface area contributed by atoms with E-state index in [1.54, 1.807) is 24.3 Å². The summed E-state index contributed by atoms with van der Waals surface area (Å²) in [4.78, 5) is 38.8. The van der Waals surface area contributed by atoms with Crippen molar-refractivity contribution in [3.05, 3.63) is 101 Å². The predicted octanol–water partition coefficient (Wildman–Crippen LogP) is 4.53. The Morgan fingerprint density at radius 2 is 1.52 bits per heavy atom. The lowest BCUT2D eigenvalue weighted by molar-refractivity contribution is -0.123. The fourth-order valence-corrected chi connectivity index (χ4v) is 3.65. The number of pyridine rings is 1. The van der Waals surface area contributed by atoms with E-state index in [2.05, 4.69) is 5.32 Å².